The number of nitriles is 1. The van der Waals surface area contributed by atoms with Gasteiger partial charge in [-0.15, -0.1) is 0 Å². The molecular weight excluding hydrogens is 288 g/mol. The largest absolute Gasteiger partial charge is 0.390 e. The van der Waals surface area contributed by atoms with Crippen molar-refractivity contribution in [1.29, 1.82) is 5.26 Å². The molecule has 0 radical (unpaired) electrons. The lowest BCUT2D eigenvalue weighted by Gasteiger charge is -2.22. The second-order valence-corrected chi connectivity index (χ2v) is 5.81. The Morgan fingerprint density at radius 1 is 1.09 bits per heavy atom. The maximum absolute atomic E-state index is 10.3. The Morgan fingerprint density at radius 3 is 2.70 bits per heavy atom. The summed E-state index contributed by atoms with van der Waals surface area (Å²) in [7, 11) is 0. The number of benzene rings is 1. The van der Waals surface area contributed by atoms with Gasteiger partial charge >= 0.3 is 0 Å². The molecular formula is C18H20N4O. The molecule has 1 aromatic carbocycles. The van der Waals surface area contributed by atoms with E-state index in [2.05, 4.69) is 33.0 Å². The van der Waals surface area contributed by atoms with Crippen LogP contribution >= 0.6 is 0 Å². The maximum atomic E-state index is 10.3. The quantitative estimate of drug-likeness (QED) is 0.934. The number of rotatable bonds is 3. The zero-order chi connectivity index (χ0) is 16.1. The molecule has 0 spiro atoms. The Kier molecular flexibility index (Phi) is 4.86. The van der Waals surface area contributed by atoms with Gasteiger partial charge in [-0.05, 0) is 17.7 Å². The molecule has 1 aromatic heterocycles. The van der Waals surface area contributed by atoms with Crippen molar-refractivity contribution in [2.45, 2.75) is 12.6 Å². The molecule has 2 aromatic rings. The average molecular weight is 308 g/mol. The number of aromatic nitrogens is 1. The van der Waals surface area contributed by atoms with Crippen LogP contribution in [0.1, 0.15) is 11.3 Å². The number of hydrogen-bond donors (Lipinski definition) is 1. The molecule has 0 unspecified atom stereocenters. The third-order valence-corrected chi connectivity index (χ3v) is 4.01. The van der Waals surface area contributed by atoms with Crippen molar-refractivity contribution in [2.24, 2.45) is 0 Å². The molecule has 0 bridgehead atoms. The van der Waals surface area contributed by atoms with Gasteiger partial charge in [0, 0.05) is 32.7 Å². The molecule has 1 fully saturated rings. The van der Waals surface area contributed by atoms with Gasteiger partial charge in [-0.25, -0.2) is 4.98 Å². The summed E-state index contributed by atoms with van der Waals surface area (Å²) in [6.45, 7) is 3.64. The number of β-amino-alcohol motifs (C(OH)–C–C–N with tert-alkyl or cyclic N) is 1. The van der Waals surface area contributed by atoms with Crippen molar-refractivity contribution in [3.8, 4) is 6.07 Å². The van der Waals surface area contributed by atoms with Gasteiger partial charge in [-0.1, -0.05) is 36.4 Å². The van der Waals surface area contributed by atoms with E-state index in [1.807, 2.05) is 30.3 Å². The Hall–Kier alpha value is -2.42. The fraction of sp³-hybridized carbons (Fsp3) is 0.333. The zero-order valence-corrected chi connectivity index (χ0v) is 13.0. The SMILES string of the molecule is N#Cc1cccc(N2CCN(Cc3ccccc3)C[C@@H](O)C2)n1. The smallest absolute Gasteiger partial charge is 0.142 e. The molecule has 5 heteroatoms. The highest BCUT2D eigenvalue weighted by Crippen LogP contribution is 2.16. The van der Waals surface area contributed by atoms with Crippen LogP contribution in [0.5, 0.6) is 0 Å². The van der Waals surface area contributed by atoms with E-state index in [1.54, 1.807) is 6.07 Å². The first-order chi connectivity index (χ1) is 11.2. The van der Waals surface area contributed by atoms with Crippen molar-refractivity contribution < 1.29 is 5.11 Å². The van der Waals surface area contributed by atoms with E-state index < -0.39 is 6.10 Å². The summed E-state index contributed by atoms with van der Waals surface area (Å²) in [4.78, 5) is 8.65. The molecule has 23 heavy (non-hydrogen) atoms. The van der Waals surface area contributed by atoms with Crippen LogP contribution in [0.2, 0.25) is 0 Å². The Bertz CT molecular complexity index is 683. The number of hydrogen-bond acceptors (Lipinski definition) is 5. The Morgan fingerprint density at radius 2 is 1.91 bits per heavy atom. The van der Waals surface area contributed by atoms with Crippen molar-refractivity contribution in [3.05, 3.63) is 59.8 Å². The van der Waals surface area contributed by atoms with Gasteiger partial charge in [0.15, 0.2) is 0 Å². The van der Waals surface area contributed by atoms with Crippen molar-refractivity contribution >= 4 is 5.82 Å². The summed E-state index contributed by atoms with van der Waals surface area (Å²) in [5.74, 6) is 0.754. The maximum Gasteiger partial charge on any atom is 0.142 e. The van der Waals surface area contributed by atoms with Crippen LogP contribution in [0.25, 0.3) is 0 Å². The summed E-state index contributed by atoms with van der Waals surface area (Å²) >= 11 is 0. The van der Waals surface area contributed by atoms with Gasteiger partial charge < -0.3 is 10.0 Å². The standard InChI is InChI=1S/C18H20N4O/c19-11-16-7-4-8-18(20-16)22-10-9-21(13-17(23)14-22)12-15-5-2-1-3-6-15/h1-8,17,23H,9-10,12-14H2/t17-/m1/s1. The molecule has 1 saturated heterocycles. The third kappa shape index (κ3) is 4.07. The van der Waals surface area contributed by atoms with E-state index in [0.29, 0.717) is 18.8 Å². The molecule has 3 rings (SSSR count). The summed E-state index contributed by atoms with van der Waals surface area (Å²) in [6, 6.07) is 17.8. The molecule has 2 heterocycles. The number of aliphatic hydroxyl groups is 1. The van der Waals surface area contributed by atoms with Crippen LogP contribution in [-0.2, 0) is 6.54 Å². The normalized spacial score (nSPS) is 19.1. The van der Waals surface area contributed by atoms with E-state index in [9.17, 15) is 5.11 Å². The van der Waals surface area contributed by atoms with E-state index in [1.165, 1.54) is 5.56 Å². The van der Waals surface area contributed by atoms with Gasteiger partial charge in [0.1, 0.15) is 17.6 Å². The first-order valence-electron chi connectivity index (χ1n) is 7.81. The monoisotopic (exact) mass is 308 g/mol. The van der Waals surface area contributed by atoms with E-state index in [0.717, 1.165) is 25.5 Å². The fourth-order valence-corrected chi connectivity index (χ4v) is 2.91. The second-order valence-electron chi connectivity index (χ2n) is 5.81. The van der Waals surface area contributed by atoms with Crippen molar-refractivity contribution in [2.75, 3.05) is 31.1 Å². The molecule has 5 nitrogen and oxygen atoms in total. The number of pyridine rings is 1. The van der Waals surface area contributed by atoms with Gasteiger partial charge in [0.25, 0.3) is 0 Å². The Balaban J connectivity index is 1.69. The Labute approximate surface area is 136 Å². The summed E-state index contributed by atoms with van der Waals surface area (Å²) < 4.78 is 0. The van der Waals surface area contributed by atoms with Crippen LogP contribution in [0.4, 0.5) is 5.82 Å². The minimum atomic E-state index is -0.436. The highest BCUT2D eigenvalue weighted by Gasteiger charge is 2.22. The van der Waals surface area contributed by atoms with E-state index >= 15 is 0 Å². The molecule has 118 valence electrons. The summed E-state index contributed by atoms with van der Waals surface area (Å²) in [6.07, 6.45) is -0.436. The fourth-order valence-electron chi connectivity index (χ4n) is 2.91. The molecule has 0 amide bonds. The van der Waals surface area contributed by atoms with Crippen LogP contribution in [0.3, 0.4) is 0 Å². The van der Waals surface area contributed by atoms with Gasteiger partial charge in [-0.3, -0.25) is 4.90 Å². The van der Waals surface area contributed by atoms with Crippen LogP contribution in [-0.4, -0.2) is 47.3 Å². The molecule has 1 aliphatic rings. The minimum Gasteiger partial charge on any atom is -0.390 e. The van der Waals surface area contributed by atoms with Crippen LogP contribution in [0, 0.1) is 11.3 Å². The van der Waals surface area contributed by atoms with E-state index in [4.69, 9.17) is 5.26 Å². The molecule has 1 aliphatic heterocycles. The second kappa shape index (κ2) is 7.23. The lowest BCUT2D eigenvalue weighted by atomic mass is 10.2. The zero-order valence-electron chi connectivity index (χ0n) is 13.0. The van der Waals surface area contributed by atoms with Crippen LogP contribution in [0.15, 0.2) is 48.5 Å². The first-order valence-corrected chi connectivity index (χ1v) is 7.81. The van der Waals surface area contributed by atoms with E-state index in [-0.39, 0.29) is 0 Å². The highest BCUT2D eigenvalue weighted by molar-refractivity contribution is 5.42. The molecule has 1 atom stereocenters. The predicted molar refractivity (Wildman–Crippen MR) is 88.9 cm³/mol. The lowest BCUT2D eigenvalue weighted by Crippen LogP contribution is -2.33. The lowest BCUT2D eigenvalue weighted by molar-refractivity contribution is 0.129. The van der Waals surface area contributed by atoms with Gasteiger partial charge in [0.2, 0.25) is 0 Å². The molecule has 0 aliphatic carbocycles. The highest BCUT2D eigenvalue weighted by atomic mass is 16.3. The van der Waals surface area contributed by atoms with Crippen LogP contribution < -0.4 is 4.90 Å². The topological polar surface area (TPSA) is 63.4 Å². The van der Waals surface area contributed by atoms with Gasteiger partial charge in [-0.2, -0.15) is 5.26 Å². The van der Waals surface area contributed by atoms with Crippen molar-refractivity contribution in [3.63, 3.8) is 0 Å². The van der Waals surface area contributed by atoms with Crippen molar-refractivity contribution in [1.82, 2.24) is 9.88 Å². The number of anilines is 1. The third-order valence-electron chi connectivity index (χ3n) is 4.01. The summed E-state index contributed by atoms with van der Waals surface area (Å²) in [5, 5.41) is 19.3. The minimum absolute atomic E-state index is 0.405. The average Bonchev–Trinajstić information content (AvgIpc) is 2.77. The summed E-state index contributed by atoms with van der Waals surface area (Å²) in [5.41, 5.74) is 1.65. The van der Waals surface area contributed by atoms with Gasteiger partial charge in [0.05, 0.1) is 6.10 Å². The predicted octanol–water partition coefficient (Wildman–Crippen LogP) is 1.64. The molecule has 1 N–H and O–H groups in total. The first kappa shape index (κ1) is 15.5. The number of aliphatic hydroxyl groups excluding tert-OH is 1. The molecule has 0 saturated carbocycles. The number of nitrogens with zero attached hydrogens (tertiary/aromatic N) is 4.